The first-order valence-electron chi connectivity index (χ1n) is 4.54. The van der Waals surface area contributed by atoms with E-state index in [0.29, 0.717) is 5.54 Å². The second-order valence-corrected chi connectivity index (χ2v) is 10.2. The van der Waals surface area contributed by atoms with E-state index in [9.17, 15) is 0 Å². The molecule has 0 saturated heterocycles. The van der Waals surface area contributed by atoms with E-state index < -0.39 is 15.2 Å². The molecule has 0 amide bonds. The Morgan fingerprint density at radius 2 is 1.85 bits per heavy atom. The molecule has 0 aliphatic heterocycles. The first-order chi connectivity index (χ1) is 5.79. The Labute approximate surface area is 81.5 Å². The van der Waals surface area contributed by atoms with Gasteiger partial charge in [0.2, 0.25) is 0 Å². The Kier molecular flexibility index (Phi) is 4.68. The van der Waals surface area contributed by atoms with Crippen LogP contribution in [0, 0.1) is 17.2 Å². The maximum absolute atomic E-state index is 8.86. The molecule has 2 N–H and O–H groups in total. The molecule has 0 fully saturated rings. The predicted octanol–water partition coefficient (Wildman–Crippen LogP) is 1.33. The molecule has 0 aromatic carbocycles. The van der Waals surface area contributed by atoms with Crippen molar-refractivity contribution < 1.29 is 10.0 Å². The summed E-state index contributed by atoms with van der Waals surface area (Å²) in [5.74, 6) is -0.230. The van der Waals surface area contributed by atoms with Gasteiger partial charge >= 0.3 is 7.12 Å². The molecule has 74 valence electrons. The predicted molar refractivity (Wildman–Crippen MR) is 56.9 cm³/mol. The third kappa shape index (κ3) is 4.46. The van der Waals surface area contributed by atoms with Crippen LogP contribution in [-0.4, -0.2) is 25.2 Å². The minimum Gasteiger partial charge on any atom is -0.427 e. The van der Waals surface area contributed by atoms with E-state index in [-0.39, 0.29) is 12.2 Å². The van der Waals surface area contributed by atoms with Crippen LogP contribution in [0.3, 0.4) is 0 Å². The Morgan fingerprint density at radius 3 is 2.08 bits per heavy atom. The molecule has 3 nitrogen and oxygen atoms in total. The van der Waals surface area contributed by atoms with Crippen LogP contribution >= 0.6 is 0 Å². The molecule has 5 heteroatoms. The molecule has 2 atom stereocenters. The highest BCUT2D eigenvalue weighted by atomic mass is 28.3. The first-order valence-corrected chi connectivity index (χ1v) is 8.12. The van der Waals surface area contributed by atoms with E-state index in [4.69, 9.17) is 15.3 Å². The minimum atomic E-state index is -1.36. The average Bonchev–Trinajstić information content (AvgIpc) is 1.96. The molecule has 0 heterocycles. The third-order valence-electron chi connectivity index (χ3n) is 2.60. The monoisotopic (exact) mass is 199 g/mol. The fraction of sp³-hybridized carbons (Fsp3) is 0.875. The van der Waals surface area contributed by atoms with Gasteiger partial charge in [-0.25, -0.2) is 0 Å². The molecule has 0 saturated carbocycles. The highest BCUT2D eigenvalue weighted by molar-refractivity contribution is 6.77. The van der Waals surface area contributed by atoms with Crippen LogP contribution in [0.15, 0.2) is 0 Å². The molecule has 0 aromatic rings. The van der Waals surface area contributed by atoms with Gasteiger partial charge in [0.1, 0.15) is 0 Å². The largest absolute Gasteiger partial charge is 0.452 e. The van der Waals surface area contributed by atoms with Crippen molar-refractivity contribution in [3.8, 4) is 6.07 Å². The summed E-state index contributed by atoms with van der Waals surface area (Å²) in [6, 6.07) is 2.15. The molecule has 0 aliphatic rings. The molecule has 0 rings (SSSR count). The molecular weight excluding hydrogens is 181 g/mol. The Bertz CT molecular complexity index is 197. The van der Waals surface area contributed by atoms with Crippen molar-refractivity contribution in [3.63, 3.8) is 0 Å². The Morgan fingerprint density at radius 1 is 1.38 bits per heavy atom. The summed E-state index contributed by atoms with van der Waals surface area (Å²) >= 11 is 0. The number of hydrogen-bond donors (Lipinski definition) is 2. The van der Waals surface area contributed by atoms with E-state index in [1.165, 1.54) is 0 Å². The second-order valence-electron chi connectivity index (χ2n) is 4.61. The van der Waals surface area contributed by atoms with Gasteiger partial charge in [-0.15, -0.1) is 0 Å². The van der Waals surface area contributed by atoms with Crippen LogP contribution in [0.4, 0.5) is 0 Å². The summed E-state index contributed by atoms with van der Waals surface area (Å²) in [6.45, 7) is 8.59. The molecular formula is C8H18BNO2Si. The quantitative estimate of drug-likeness (QED) is 0.671. The Balaban J connectivity index is 4.35. The maximum Gasteiger partial charge on any atom is 0.452 e. The Hall–Kier alpha value is -0.308. The van der Waals surface area contributed by atoms with Crippen LogP contribution in [-0.2, 0) is 0 Å². The van der Waals surface area contributed by atoms with Gasteiger partial charge in [0.15, 0.2) is 0 Å². The maximum atomic E-state index is 8.86. The van der Waals surface area contributed by atoms with Crippen molar-refractivity contribution in [2.75, 3.05) is 0 Å². The molecule has 13 heavy (non-hydrogen) atoms. The lowest BCUT2D eigenvalue weighted by atomic mass is 9.78. The zero-order chi connectivity index (χ0) is 10.6. The summed E-state index contributed by atoms with van der Waals surface area (Å²) in [4.78, 5) is 0. The number of hydrogen-bond acceptors (Lipinski definition) is 3. The van der Waals surface area contributed by atoms with E-state index >= 15 is 0 Å². The van der Waals surface area contributed by atoms with Crippen molar-refractivity contribution in [2.24, 2.45) is 5.92 Å². The van der Waals surface area contributed by atoms with Crippen molar-refractivity contribution >= 4 is 15.2 Å². The van der Waals surface area contributed by atoms with Gasteiger partial charge < -0.3 is 10.0 Å². The van der Waals surface area contributed by atoms with Crippen molar-refractivity contribution in [2.45, 2.75) is 38.4 Å². The van der Waals surface area contributed by atoms with Crippen molar-refractivity contribution in [1.29, 1.82) is 5.26 Å². The standard InChI is InChI=1S/C8H18BNO2Si/c1-7(13(2,3)4)8(6-10)5-9(11)12/h7-8,11-12H,5H2,1-4H3. The number of nitrogens with zero attached hydrogens (tertiary/aromatic N) is 1. The zero-order valence-electron chi connectivity index (χ0n) is 8.78. The smallest absolute Gasteiger partial charge is 0.427 e. The summed E-state index contributed by atoms with van der Waals surface area (Å²) in [5.41, 5.74) is 0.291. The fourth-order valence-corrected chi connectivity index (χ4v) is 2.62. The highest BCUT2D eigenvalue weighted by Gasteiger charge is 2.32. The molecule has 2 unspecified atom stereocenters. The first kappa shape index (κ1) is 12.7. The summed E-state index contributed by atoms with van der Waals surface area (Å²) < 4.78 is 0. The molecule has 0 aromatic heterocycles. The van der Waals surface area contributed by atoms with Gasteiger partial charge in [-0.2, -0.15) is 5.26 Å². The van der Waals surface area contributed by atoms with Crippen molar-refractivity contribution in [3.05, 3.63) is 0 Å². The van der Waals surface area contributed by atoms with E-state index in [2.05, 4.69) is 25.7 Å². The lowest BCUT2D eigenvalue weighted by Gasteiger charge is -2.28. The van der Waals surface area contributed by atoms with Gasteiger partial charge in [-0.3, -0.25) is 0 Å². The van der Waals surface area contributed by atoms with E-state index in [1.54, 1.807) is 0 Å². The SMILES string of the molecule is CC(C(C#N)CB(O)O)[Si](C)(C)C. The van der Waals surface area contributed by atoms with Gasteiger partial charge in [-0.1, -0.05) is 26.6 Å². The van der Waals surface area contributed by atoms with Gasteiger partial charge in [0, 0.05) is 14.0 Å². The molecule has 0 radical (unpaired) electrons. The van der Waals surface area contributed by atoms with Crippen LogP contribution in [0.1, 0.15) is 6.92 Å². The van der Waals surface area contributed by atoms with Crippen LogP contribution < -0.4 is 0 Å². The molecule has 0 bridgehead atoms. The fourth-order valence-electron chi connectivity index (χ4n) is 1.20. The minimum absolute atomic E-state index is 0.169. The molecule has 0 aliphatic carbocycles. The highest BCUT2D eigenvalue weighted by Crippen LogP contribution is 2.31. The topological polar surface area (TPSA) is 64.2 Å². The average molecular weight is 199 g/mol. The summed E-state index contributed by atoms with van der Waals surface area (Å²) in [5, 5.41) is 26.4. The summed E-state index contributed by atoms with van der Waals surface area (Å²) in [7, 11) is -2.71. The van der Waals surface area contributed by atoms with Crippen LogP contribution in [0.5, 0.6) is 0 Å². The number of rotatable bonds is 4. The van der Waals surface area contributed by atoms with Gasteiger partial charge in [0.05, 0.1) is 6.07 Å². The normalized spacial score (nSPS) is 16.1. The molecule has 0 spiro atoms. The van der Waals surface area contributed by atoms with Gasteiger partial charge in [-0.05, 0) is 11.9 Å². The number of nitriles is 1. The second kappa shape index (κ2) is 4.80. The van der Waals surface area contributed by atoms with Crippen molar-refractivity contribution in [1.82, 2.24) is 0 Å². The van der Waals surface area contributed by atoms with E-state index in [0.717, 1.165) is 0 Å². The lowest BCUT2D eigenvalue weighted by molar-refractivity contribution is 0.394. The third-order valence-corrected chi connectivity index (χ3v) is 5.73. The van der Waals surface area contributed by atoms with E-state index in [1.807, 2.05) is 6.92 Å². The van der Waals surface area contributed by atoms with Crippen LogP contribution in [0.25, 0.3) is 0 Å². The lowest BCUT2D eigenvalue weighted by Crippen LogP contribution is -2.33. The van der Waals surface area contributed by atoms with Gasteiger partial charge in [0.25, 0.3) is 0 Å². The zero-order valence-corrected chi connectivity index (χ0v) is 9.78. The summed E-state index contributed by atoms with van der Waals surface area (Å²) in [6.07, 6.45) is 0.169. The van der Waals surface area contributed by atoms with Crippen LogP contribution in [0.2, 0.25) is 31.5 Å².